The highest BCUT2D eigenvalue weighted by atomic mass is 35.5. The Morgan fingerprint density at radius 2 is 1.95 bits per heavy atom. The van der Waals surface area contributed by atoms with Crippen LogP contribution in [0.4, 0.5) is 42.0 Å². The van der Waals surface area contributed by atoms with Crippen LogP contribution in [0.1, 0.15) is 0 Å². The fourth-order valence-corrected chi connectivity index (χ4v) is 6.02. The van der Waals surface area contributed by atoms with Gasteiger partial charge in [0, 0.05) is 36.7 Å². The predicted molar refractivity (Wildman–Crippen MR) is 145 cm³/mol. The number of hydrogen-bond acceptors (Lipinski definition) is 8. The van der Waals surface area contributed by atoms with E-state index in [0.717, 1.165) is 5.69 Å². The molecular weight excluding hydrogens is 540 g/mol. The molecule has 3 aromatic rings. The van der Waals surface area contributed by atoms with Crippen molar-refractivity contribution in [2.45, 2.75) is 12.2 Å². The summed E-state index contributed by atoms with van der Waals surface area (Å²) in [6, 6.07) is 12.7. The second kappa shape index (κ2) is 10.3. The molecule has 3 heterocycles. The first-order valence-corrected chi connectivity index (χ1v) is 15.0. The Hall–Kier alpha value is -3.01. The molecule has 0 radical (unpaired) electrons. The van der Waals surface area contributed by atoms with E-state index in [1.807, 2.05) is 42.5 Å². The molecule has 13 heteroatoms. The zero-order chi connectivity index (χ0) is 27.1. The van der Waals surface area contributed by atoms with Crippen LogP contribution in [0.3, 0.4) is 0 Å². The maximum Gasteiger partial charge on any atom is 0.401 e. The van der Waals surface area contributed by atoms with Crippen LogP contribution >= 0.6 is 18.7 Å². The van der Waals surface area contributed by atoms with E-state index >= 15 is 0 Å². The SMILES string of the molecule is CP(C)(=O)c1ccccc1Nc1nc(Nc2ccc3c(c2)OC[C@H]2CN(CC(F)(F)F)CCN32)ncc1Cl. The summed E-state index contributed by atoms with van der Waals surface area (Å²) in [7, 11) is -2.54. The number of anilines is 5. The minimum atomic E-state index is -4.22. The molecule has 5 rings (SSSR count). The van der Waals surface area contributed by atoms with E-state index in [-0.39, 0.29) is 6.04 Å². The molecule has 2 aliphatic heterocycles. The lowest BCUT2D eigenvalue weighted by atomic mass is 10.1. The van der Waals surface area contributed by atoms with Gasteiger partial charge in [0.05, 0.1) is 30.2 Å². The second-order valence-corrected chi connectivity index (χ2v) is 13.3. The summed E-state index contributed by atoms with van der Waals surface area (Å²) in [5.74, 6) is 1.29. The van der Waals surface area contributed by atoms with Gasteiger partial charge in [-0.3, -0.25) is 4.90 Å². The van der Waals surface area contributed by atoms with E-state index < -0.39 is 19.9 Å². The summed E-state index contributed by atoms with van der Waals surface area (Å²) >= 11 is 6.35. The summed E-state index contributed by atoms with van der Waals surface area (Å²) in [6.45, 7) is 3.90. The number of piperazine rings is 1. The Morgan fingerprint density at radius 3 is 2.71 bits per heavy atom. The molecule has 1 aromatic heterocycles. The van der Waals surface area contributed by atoms with E-state index in [1.54, 1.807) is 13.3 Å². The quantitative estimate of drug-likeness (QED) is 0.389. The van der Waals surface area contributed by atoms with E-state index in [1.165, 1.54) is 11.1 Å². The monoisotopic (exact) mass is 566 g/mol. The van der Waals surface area contributed by atoms with Gasteiger partial charge >= 0.3 is 6.18 Å². The number of benzene rings is 2. The molecule has 0 aliphatic carbocycles. The summed E-state index contributed by atoms with van der Waals surface area (Å²) in [5, 5.41) is 7.31. The van der Waals surface area contributed by atoms with Crippen molar-refractivity contribution in [3.63, 3.8) is 0 Å². The standard InChI is InChI=1S/C25H27ClF3N6O2P/c1-38(2,36)22-6-4-3-5-19(22)32-23-18(26)12-30-24(33-23)31-16-7-8-20-21(11-16)37-14-17-13-34(9-10-35(17)20)15-25(27,28)29/h3-8,11-12,17H,9-10,13-15H2,1-2H3,(H2,30,31,32,33)/t17-/m1/s1. The van der Waals surface area contributed by atoms with E-state index in [0.29, 0.717) is 65.5 Å². The zero-order valence-electron chi connectivity index (χ0n) is 20.8. The van der Waals surface area contributed by atoms with Crippen molar-refractivity contribution >= 4 is 52.9 Å². The molecule has 2 N–H and O–H groups in total. The van der Waals surface area contributed by atoms with Crippen molar-refractivity contribution in [1.29, 1.82) is 0 Å². The number of aromatic nitrogens is 2. The van der Waals surface area contributed by atoms with Crippen LogP contribution in [-0.4, -0.2) is 73.2 Å². The smallest absolute Gasteiger partial charge is 0.401 e. The number of alkyl halides is 3. The van der Waals surface area contributed by atoms with Crippen molar-refractivity contribution in [2.75, 3.05) is 61.6 Å². The number of halogens is 4. The third-order valence-corrected chi connectivity index (χ3v) is 8.23. The van der Waals surface area contributed by atoms with E-state index in [4.69, 9.17) is 16.3 Å². The first-order chi connectivity index (χ1) is 18.0. The third kappa shape index (κ3) is 6.00. The Kier molecular flexibility index (Phi) is 7.19. The normalized spacial score (nSPS) is 17.8. The zero-order valence-corrected chi connectivity index (χ0v) is 22.4. The van der Waals surface area contributed by atoms with Gasteiger partial charge < -0.3 is 24.8 Å². The minimum Gasteiger partial charge on any atom is -0.489 e. The van der Waals surface area contributed by atoms with Crippen molar-refractivity contribution in [3.8, 4) is 5.75 Å². The average Bonchev–Trinajstić information content (AvgIpc) is 2.84. The molecule has 1 atom stereocenters. The molecule has 0 bridgehead atoms. The van der Waals surface area contributed by atoms with Gasteiger partial charge in [-0.2, -0.15) is 18.2 Å². The number of fused-ring (bicyclic) bond motifs is 3. The molecule has 0 spiro atoms. The number of para-hydroxylation sites is 1. The lowest BCUT2D eigenvalue weighted by Gasteiger charge is -2.45. The molecule has 38 heavy (non-hydrogen) atoms. The van der Waals surface area contributed by atoms with E-state index in [9.17, 15) is 17.7 Å². The maximum atomic E-state index is 12.8. The average molecular weight is 567 g/mol. The molecule has 2 aliphatic rings. The Labute approximate surface area is 223 Å². The summed E-state index contributed by atoms with van der Waals surface area (Å²) in [6.07, 6.45) is -2.74. The number of rotatable bonds is 6. The molecule has 2 aromatic carbocycles. The number of nitrogens with one attached hydrogen (secondary N) is 2. The number of ether oxygens (including phenoxy) is 1. The topological polar surface area (TPSA) is 82.6 Å². The number of nitrogens with zero attached hydrogens (tertiary/aromatic N) is 4. The molecule has 8 nitrogen and oxygen atoms in total. The molecule has 1 fully saturated rings. The fourth-order valence-electron chi connectivity index (χ4n) is 4.73. The van der Waals surface area contributed by atoms with Crippen molar-refractivity contribution in [3.05, 3.63) is 53.7 Å². The molecule has 202 valence electrons. The van der Waals surface area contributed by atoms with Crippen LogP contribution in [0.15, 0.2) is 48.7 Å². The Balaban J connectivity index is 1.31. The largest absolute Gasteiger partial charge is 0.489 e. The van der Waals surface area contributed by atoms with Crippen molar-refractivity contribution in [1.82, 2.24) is 14.9 Å². The molecule has 1 saturated heterocycles. The fraction of sp³-hybridized carbons (Fsp3) is 0.360. The highest BCUT2D eigenvalue weighted by Crippen LogP contribution is 2.40. The van der Waals surface area contributed by atoms with Gasteiger partial charge in [0.15, 0.2) is 5.82 Å². The highest BCUT2D eigenvalue weighted by Gasteiger charge is 2.37. The van der Waals surface area contributed by atoms with Crippen LogP contribution in [0.25, 0.3) is 0 Å². The van der Waals surface area contributed by atoms with Crippen LogP contribution in [-0.2, 0) is 4.57 Å². The molecule has 0 saturated carbocycles. The second-order valence-electron chi connectivity index (χ2n) is 9.70. The van der Waals surface area contributed by atoms with Crippen LogP contribution in [0, 0.1) is 0 Å². The van der Waals surface area contributed by atoms with Crippen LogP contribution in [0.5, 0.6) is 5.75 Å². The predicted octanol–water partition coefficient (Wildman–Crippen LogP) is 5.31. The highest BCUT2D eigenvalue weighted by molar-refractivity contribution is 7.70. The van der Waals surface area contributed by atoms with Crippen LogP contribution < -0.4 is 25.6 Å². The van der Waals surface area contributed by atoms with Gasteiger partial charge in [-0.1, -0.05) is 23.7 Å². The first-order valence-electron chi connectivity index (χ1n) is 12.0. The van der Waals surface area contributed by atoms with Gasteiger partial charge in [0.1, 0.15) is 24.5 Å². The maximum absolute atomic E-state index is 12.8. The van der Waals surface area contributed by atoms with Gasteiger partial charge in [-0.05, 0) is 37.6 Å². The van der Waals surface area contributed by atoms with E-state index in [2.05, 4.69) is 25.5 Å². The lowest BCUT2D eigenvalue weighted by Crippen LogP contribution is -2.58. The Bertz CT molecular complexity index is 1390. The Morgan fingerprint density at radius 1 is 1.16 bits per heavy atom. The van der Waals surface area contributed by atoms with Gasteiger partial charge in [-0.15, -0.1) is 0 Å². The van der Waals surface area contributed by atoms with Crippen LogP contribution in [0.2, 0.25) is 5.02 Å². The summed E-state index contributed by atoms with van der Waals surface area (Å²) < 4.78 is 57.1. The summed E-state index contributed by atoms with van der Waals surface area (Å²) in [4.78, 5) is 12.3. The molecular formula is C25H27ClF3N6O2P. The third-order valence-electron chi connectivity index (χ3n) is 6.41. The van der Waals surface area contributed by atoms with Crippen molar-refractivity contribution < 1.29 is 22.5 Å². The first kappa shape index (κ1) is 26.6. The minimum absolute atomic E-state index is 0.143. The van der Waals surface area contributed by atoms with Gasteiger partial charge in [0.25, 0.3) is 0 Å². The van der Waals surface area contributed by atoms with Crippen molar-refractivity contribution in [2.24, 2.45) is 0 Å². The number of hydrogen-bond donors (Lipinski definition) is 2. The summed E-state index contributed by atoms with van der Waals surface area (Å²) in [5.41, 5.74) is 2.18. The molecule has 0 unspecified atom stereocenters. The lowest BCUT2D eigenvalue weighted by molar-refractivity contribution is -0.147. The molecule has 0 amide bonds. The van der Waals surface area contributed by atoms with Gasteiger partial charge in [0.2, 0.25) is 5.95 Å². The van der Waals surface area contributed by atoms with Gasteiger partial charge in [-0.25, -0.2) is 4.98 Å².